The van der Waals surface area contributed by atoms with Gasteiger partial charge in [-0.1, -0.05) is 18.2 Å². The lowest BCUT2D eigenvalue weighted by Gasteiger charge is -2.32. The smallest absolute Gasteiger partial charge is 0.299 e. The molecule has 4 rings (SSSR count). The number of sulfonamides is 1. The van der Waals surface area contributed by atoms with Gasteiger partial charge >= 0.3 is 6.18 Å². The molecule has 1 atom stereocenters. The van der Waals surface area contributed by atoms with Crippen LogP contribution < -0.4 is 9.62 Å². The SMILES string of the molecule is CNS(=O)(=O)c1ccccc1-c1cc2c(cn1)C1N=NC=C1C(=O)N2CC(F)(F)F. The summed E-state index contributed by atoms with van der Waals surface area (Å²) in [6.07, 6.45) is -2.21. The Bertz CT molecular complexity index is 1210. The number of amides is 1. The minimum absolute atomic E-state index is 0.0273. The van der Waals surface area contributed by atoms with Crippen LogP contribution in [0, 0.1) is 0 Å². The summed E-state index contributed by atoms with van der Waals surface area (Å²) >= 11 is 0. The van der Waals surface area contributed by atoms with E-state index in [9.17, 15) is 26.4 Å². The predicted octanol–water partition coefficient (Wildman–Crippen LogP) is 2.96. The number of halogens is 3. The van der Waals surface area contributed by atoms with Crippen LogP contribution in [0.5, 0.6) is 0 Å². The average Bonchev–Trinajstić information content (AvgIpc) is 3.20. The van der Waals surface area contributed by atoms with Gasteiger partial charge in [0.1, 0.15) is 12.6 Å². The van der Waals surface area contributed by atoms with Gasteiger partial charge in [-0.25, -0.2) is 13.1 Å². The highest BCUT2D eigenvalue weighted by molar-refractivity contribution is 7.89. The van der Waals surface area contributed by atoms with Gasteiger partial charge in [0.05, 0.1) is 28.0 Å². The van der Waals surface area contributed by atoms with Crippen molar-refractivity contribution in [2.75, 3.05) is 18.5 Å². The molecule has 156 valence electrons. The molecule has 0 bridgehead atoms. The topological polar surface area (TPSA) is 104 Å². The third-order valence-corrected chi connectivity index (χ3v) is 6.19. The average molecular weight is 437 g/mol. The number of anilines is 1. The predicted molar refractivity (Wildman–Crippen MR) is 100 cm³/mol. The van der Waals surface area contributed by atoms with Crippen LogP contribution in [-0.2, 0) is 14.8 Å². The fourth-order valence-corrected chi connectivity index (χ4v) is 4.31. The first-order valence-electron chi connectivity index (χ1n) is 8.64. The fourth-order valence-electron chi connectivity index (χ4n) is 3.37. The number of rotatable bonds is 4. The van der Waals surface area contributed by atoms with Crippen molar-refractivity contribution in [3.05, 3.63) is 53.9 Å². The molecule has 30 heavy (non-hydrogen) atoms. The summed E-state index contributed by atoms with van der Waals surface area (Å²) in [5, 5.41) is 7.58. The van der Waals surface area contributed by atoms with E-state index >= 15 is 0 Å². The van der Waals surface area contributed by atoms with Crippen molar-refractivity contribution in [1.82, 2.24) is 9.71 Å². The van der Waals surface area contributed by atoms with Crippen LogP contribution in [0.2, 0.25) is 0 Å². The van der Waals surface area contributed by atoms with E-state index in [1.165, 1.54) is 37.5 Å². The number of benzene rings is 1. The second-order valence-corrected chi connectivity index (χ2v) is 8.41. The summed E-state index contributed by atoms with van der Waals surface area (Å²) in [5.74, 6) is -0.858. The highest BCUT2D eigenvalue weighted by Gasteiger charge is 2.43. The number of hydrogen-bond acceptors (Lipinski definition) is 6. The van der Waals surface area contributed by atoms with E-state index in [1.807, 2.05) is 0 Å². The molecule has 1 amide bonds. The van der Waals surface area contributed by atoms with Crippen LogP contribution in [-0.4, -0.2) is 39.1 Å². The Morgan fingerprint density at radius 1 is 1.23 bits per heavy atom. The first-order valence-corrected chi connectivity index (χ1v) is 10.1. The zero-order valence-corrected chi connectivity index (χ0v) is 16.2. The molecule has 1 aromatic heterocycles. The van der Waals surface area contributed by atoms with Gasteiger partial charge in [0.2, 0.25) is 10.0 Å². The van der Waals surface area contributed by atoms with Crippen LogP contribution in [0.15, 0.2) is 63.4 Å². The van der Waals surface area contributed by atoms with Crippen LogP contribution in [0.4, 0.5) is 18.9 Å². The van der Waals surface area contributed by atoms with Gasteiger partial charge < -0.3 is 0 Å². The molecule has 2 aromatic rings. The van der Waals surface area contributed by atoms with Crippen LogP contribution in [0.25, 0.3) is 11.3 Å². The third-order valence-electron chi connectivity index (χ3n) is 4.72. The van der Waals surface area contributed by atoms with Gasteiger partial charge in [0.25, 0.3) is 5.91 Å². The van der Waals surface area contributed by atoms with Gasteiger partial charge in [0.15, 0.2) is 0 Å². The first-order chi connectivity index (χ1) is 14.1. The number of carbonyl (C=O) groups excluding carboxylic acids is 1. The normalized spacial score (nSPS) is 18.3. The molecular formula is C18H14F3N5O3S. The molecule has 0 fully saturated rings. The van der Waals surface area contributed by atoms with Crippen molar-refractivity contribution in [3.63, 3.8) is 0 Å². The minimum atomic E-state index is -4.65. The Kier molecular flexibility index (Phi) is 4.70. The molecule has 0 aliphatic carbocycles. The molecule has 0 saturated carbocycles. The van der Waals surface area contributed by atoms with E-state index in [1.54, 1.807) is 6.07 Å². The molecular weight excluding hydrogens is 423 g/mol. The Labute approximate surface area is 169 Å². The lowest BCUT2D eigenvalue weighted by Crippen LogP contribution is -2.43. The quantitative estimate of drug-likeness (QED) is 0.794. The van der Waals surface area contributed by atoms with Crippen molar-refractivity contribution < 1.29 is 26.4 Å². The van der Waals surface area contributed by atoms with Crippen LogP contribution in [0.1, 0.15) is 11.6 Å². The molecule has 0 radical (unpaired) electrons. The molecule has 8 nitrogen and oxygen atoms in total. The summed E-state index contributed by atoms with van der Waals surface area (Å²) in [7, 11) is -2.61. The lowest BCUT2D eigenvalue weighted by atomic mass is 9.93. The molecule has 0 spiro atoms. The lowest BCUT2D eigenvalue weighted by molar-refractivity contribution is -0.130. The second-order valence-electron chi connectivity index (χ2n) is 6.56. The number of alkyl halides is 3. The van der Waals surface area contributed by atoms with E-state index in [2.05, 4.69) is 19.9 Å². The van der Waals surface area contributed by atoms with Crippen molar-refractivity contribution in [3.8, 4) is 11.3 Å². The molecule has 12 heteroatoms. The van der Waals surface area contributed by atoms with E-state index in [0.717, 1.165) is 6.20 Å². The molecule has 3 heterocycles. The van der Waals surface area contributed by atoms with E-state index in [4.69, 9.17) is 0 Å². The highest BCUT2D eigenvalue weighted by Crippen LogP contribution is 2.44. The van der Waals surface area contributed by atoms with Crippen molar-refractivity contribution in [1.29, 1.82) is 0 Å². The standard InChI is InChI=1S/C18H14F3N5O3S/c1-22-30(28,29)15-5-3-2-4-10(15)13-6-14-11(7-23-13)16-12(8-24-25-16)17(27)26(14)9-18(19,20)21/h2-8,16,22H,9H2,1H3. The molecule has 0 saturated heterocycles. The summed E-state index contributed by atoms with van der Waals surface area (Å²) in [6.45, 7) is -1.51. The minimum Gasteiger partial charge on any atom is -0.299 e. The van der Waals surface area contributed by atoms with E-state index in [-0.39, 0.29) is 33.0 Å². The number of hydrogen-bond donors (Lipinski definition) is 1. The fraction of sp³-hybridized carbons (Fsp3) is 0.222. The van der Waals surface area contributed by atoms with Crippen molar-refractivity contribution >= 4 is 21.6 Å². The number of carbonyl (C=O) groups is 1. The largest absolute Gasteiger partial charge is 0.406 e. The molecule has 1 aromatic carbocycles. The summed E-state index contributed by atoms with van der Waals surface area (Å²) in [5.41, 5.74) is 0.555. The van der Waals surface area contributed by atoms with Gasteiger partial charge in [-0.15, -0.1) is 0 Å². The Morgan fingerprint density at radius 3 is 2.67 bits per heavy atom. The number of fused-ring (bicyclic) bond motifs is 3. The Balaban J connectivity index is 1.90. The van der Waals surface area contributed by atoms with Gasteiger partial charge in [0, 0.05) is 17.3 Å². The third kappa shape index (κ3) is 3.37. The van der Waals surface area contributed by atoms with Gasteiger partial charge in [-0.05, 0) is 19.2 Å². The molecule has 2 aliphatic rings. The van der Waals surface area contributed by atoms with Crippen LogP contribution in [0.3, 0.4) is 0 Å². The van der Waals surface area contributed by atoms with Gasteiger partial charge in [-0.2, -0.15) is 23.4 Å². The first kappa shape index (κ1) is 20.2. The number of nitrogens with one attached hydrogen (secondary N) is 1. The van der Waals surface area contributed by atoms with Crippen molar-refractivity contribution in [2.45, 2.75) is 17.1 Å². The second kappa shape index (κ2) is 6.99. The Hall–Kier alpha value is -3.12. The van der Waals surface area contributed by atoms with Crippen LogP contribution >= 0.6 is 0 Å². The maximum absolute atomic E-state index is 13.2. The molecule has 1 N–H and O–H groups in total. The van der Waals surface area contributed by atoms with Crippen molar-refractivity contribution in [2.24, 2.45) is 10.2 Å². The molecule has 2 aliphatic heterocycles. The zero-order valence-electron chi connectivity index (χ0n) is 15.4. The summed E-state index contributed by atoms with van der Waals surface area (Å²) in [6, 6.07) is 6.37. The van der Waals surface area contributed by atoms with E-state index < -0.39 is 34.7 Å². The number of nitrogens with zero attached hydrogens (tertiary/aromatic N) is 4. The maximum Gasteiger partial charge on any atom is 0.406 e. The summed E-state index contributed by atoms with van der Waals surface area (Å²) in [4.78, 5) is 17.4. The summed E-state index contributed by atoms with van der Waals surface area (Å²) < 4.78 is 66.4. The monoisotopic (exact) mass is 437 g/mol. The Morgan fingerprint density at radius 2 is 1.97 bits per heavy atom. The molecule has 1 unspecified atom stereocenters. The van der Waals surface area contributed by atoms with Gasteiger partial charge in [-0.3, -0.25) is 14.7 Å². The zero-order chi connectivity index (χ0) is 21.7. The number of aromatic nitrogens is 1. The highest BCUT2D eigenvalue weighted by atomic mass is 32.2. The maximum atomic E-state index is 13.2. The van der Waals surface area contributed by atoms with E-state index in [0.29, 0.717) is 4.90 Å². The number of azo groups is 1. The number of pyridine rings is 1.